The zero-order chi connectivity index (χ0) is 20.9. The molecule has 0 aliphatic carbocycles. The molecule has 0 aromatic heterocycles. The lowest BCUT2D eigenvalue weighted by molar-refractivity contribution is 0.102. The van der Waals surface area contributed by atoms with Gasteiger partial charge in [-0.3, -0.25) is 4.79 Å². The molecular weight excluding hydrogens is 384 g/mol. The highest BCUT2D eigenvalue weighted by Crippen LogP contribution is 2.19. The minimum Gasteiger partial charge on any atom is -0.322 e. The van der Waals surface area contributed by atoms with Crippen molar-refractivity contribution in [2.45, 2.75) is 17.9 Å². The topological polar surface area (TPSA) is 75.3 Å². The fraction of sp³-hybridized carbons (Fsp3) is 0.0870. The summed E-state index contributed by atoms with van der Waals surface area (Å²) >= 11 is 0. The van der Waals surface area contributed by atoms with Gasteiger partial charge in [-0.15, -0.1) is 6.42 Å². The molecule has 0 aliphatic heterocycles. The predicted octanol–water partition coefficient (Wildman–Crippen LogP) is 3.96. The van der Waals surface area contributed by atoms with Gasteiger partial charge >= 0.3 is 0 Å². The minimum atomic E-state index is -3.80. The van der Waals surface area contributed by atoms with Gasteiger partial charge in [0.25, 0.3) is 5.91 Å². The molecule has 0 saturated carbocycles. The second-order valence-electron chi connectivity index (χ2n) is 6.46. The van der Waals surface area contributed by atoms with E-state index in [1.807, 2.05) is 30.3 Å². The molecule has 5 nitrogen and oxygen atoms in total. The summed E-state index contributed by atoms with van der Waals surface area (Å²) in [5, 5.41) is 2.73. The SMILES string of the molecule is C#Cc1cccc(NC(=O)c2cccc(S(=O)(=O)N[C@@H](C)c3ccccc3)c2)c1. The minimum absolute atomic E-state index is 0.0188. The van der Waals surface area contributed by atoms with Crippen LogP contribution in [0.5, 0.6) is 0 Å². The van der Waals surface area contributed by atoms with Gasteiger partial charge in [-0.2, -0.15) is 0 Å². The highest BCUT2D eigenvalue weighted by Gasteiger charge is 2.19. The number of sulfonamides is 1. The highest BCUT2D eigenvalue weighted by atomic mass is 32.2. The number of hydrogen-bond donors (Lipinski definition) is 2. The molecule has 0 aliphatic rings. The summed E-state index contributed by atoms with van der Waals surface area (Å²) in [5.74, 6) is 2.08. The lowest BCUT2D eigenvalue weighted by Gasteiger charge is -2.15. The standard InChI is InChI=1S/C23H20N2O3S/c1-3-18-9-7-13-21(15-18)24-23(26)20-12-8-14-22(16-20)29(27,28)25-17(2)19-10-5-4-6-11-19/h1,4-17,25H,2H3,(H,24,26)/t17-/m0/s1. The third kappa shape index (κ3) is 5.11. The van der Waals surface area contributed by atoms with Crippen LogP contribution >= 0.6 is 0 Å². The van der Waals surface area contributed by atoms with E-state index >= 15 is 0 Å². The Labute approximate surface area is 170 Å². The maximum Gasteiger partial charge on any atom is 0.255 e. The van der Waals surface area contributed by atoms with E-state index < -0.39 is 22.0 Å². The molecule has 1 amide bonds. The molecule has 29 heavy (non-hydrogen) atoms. The van der Waals surface area contributed by atoms with Gasteiger partial charge in [0.15, 0.2) is 0 Å². The molecule has 2 N–H and O–H groups in total. The van der Waals surface area contributed by atoms with Gasteiger partial charge in [-0.25, -0.2) is 13.1 Å². The normalized spacial score (nSPS) is 12.0. The molecule has 0 fully saturated rings. The highest BCUT2D eigenvalue weighted by molar-refractivity contribution is 7.89. The molecule has 1 atom stereocenters. The summed E-state index contributed by atoms with van der Waals surface area (Å²) in [6, 6.07) is 21.6. The van der Waals surface area contributed by atoms with E-state index in [0.717, 1.165) is 5.56 Å². The molecule has 3 rings (SSSR count). The van der Waals surface area contributed by atoms with Crippen molar-refractivity contribution in [3.05, 3.63) is 95.6 Å². The van der Waals surface area contributed by atoms with Gasteiger partial charge in [0, 0.05) is 22.9 Å². The zero-order valence-electron chi connectivity index (χ0n) is 15.8. The Kier molecular flexibility index (Phi) is 6.13. The van der Waals surface area contributed by atoms with Crippen LogP contribution in [-0.2, 0) is 10.0 Å². The van der Waals surface area contributed by atoms with Crippen molar-refractivity contribution in [2.75, 3.05) is 5.32 Å². The summed E-state index contributed by atoms with van der Waals surface area (Å²) < 4.78 is 28.2. The van der Waals surface area contributed by atoms with E-state index in [1.165, 1.54) is 18.2 Å². The van der Waals surface area contributed by atoms with Crippen molar-refractivity contribution in [3.8, 4) is 12.3 Å². The lowest BCUT2D eigenvalue weighted by atomic mass is 10.1. The number of carbonyl (C=O) groups excluding carboxylic acids is 1. The van der Waals surface area contributed by atoms with Crippen LogP contribution in [0, 0.1) is 12.3 Å². The number of anilines is 1. The summed E-state index contributed by atoms with van der Waals surface area (Å²) in [5.41, 5.74) is 2.25. The average molecular weight is 404 g/mol. The Morgan fingerprint density at radius 3 is 2.41 bits per heavy atom. The van der Waals surface area contributed by atoms with Crippen LogP contribution in [0.4, 0.5) is 5.69 Å². The van der Waals surface area contributed by atoms with E-state index in [2.05, 4.69) is 16.0 Å². The van der Waals surface area contributed by atoms with Crippen molar-refractivity contribution >= 4 is 21.6 Å². The van der Waals surface area contributed by atoms with Gasteiger partial charge in [0.2, 0.25) is 10.0 Å². The molecule has 0 radical (unpaired) electrons. The summed E-state index contributed by atoms with van der Waals surface area (Å²) in [4.78, 5) is 12.6. The quantitative estimate of drug-likeness (QED) is 0.611. The first-order valence-corrected chi connectivity index (χ1v) is 10.4. The smallest absolute Gasteiger partial charge is 0.255 e. The van der Waals surface area contributed by atoms with Crippen LogP contribution in [-0.4, -0.2) is 14.3 Å². The monoisotopic (exact) mass is 404 g/mol. The Bertz CT molecular complexity index is 1170. The summed E-state index contributed by atoms with van der Waals surface area (Å²) in [6.07, 6.45) is 5.37. The van der Waals surface area contributed by atoms with Crippen LogP contribution in [0.15, 0.2) is 83.8 Å². The Hall–Kier alpha value is -3.40. The van der Waals surface area contributed by atoms with Gasteiger partial charge in [-0.05, 0) is 48.9 Å². The van der Waals surface area contributed by atoms with E-state index in [0.29, 0.717) is 11.3 Å². The molecule has 0 unspecified atom stereocenters. The molecule has 3 aromatic carbocycles. The van der Waals surface area contributed by atoms with Crippen molar-refractivity contribution in [2.24, 2.45) is 0 Å². The number of benzene rings is 3. The predicted molar refractivity (Wildman–Crippen MR) is 114 cm³/mol. The van der Waals surface area contributed by atoms with Crippen LogP contribution in [0.2, 0.25) is 0 Å². The van der Waals surface area contributed by atoms with Gasteiger partial charge in [0.05, 0.1) is 4.90 Å². The summed E-state index contributed by atoms with van der Waals surface area (Å²) in [6.45, 7) is 1.77. The van der Waals surface area contributed by atoms with E-state index in [4.69, 9.17) is 6.42 Å². The number of nitrogens with one attached hydrogen (secondary N) is 2. The number of carbonyl (C=O) groups is 1. The Morgan fingerprint density at radius 2 is 1.69 bits per heavy atom. The third-order valence-corrected chi connectivity index (χ3v) is 5.86. The number of terminal acetylenes is 1. The third-order valence-electron chi connectivity index (χ3n) is 4.33. The van der Waals surface area contributed by atoms with Crippen LogP contribution < -0.4 is 10.0 Å². The maximum atomic E-state index is 12.8. The summed E-state index contributed by atoms with van der Waals surface area (Å²) in [7, 11) is -3.80. The van der Waals surface area contributed by atoms with Gasteiger partial charge < -0.3 is 5.32 Å². The number of rotatable bonds is 6. The number of hydrogen-bond acceptors (Lipinski definition) is 3. The Balaban J connectivity index is 1.79. The van der Waals surface area contributed by atoms with Crippen molar-refractivity contribution in [1.82, 2.24) is 4.72 Å². The fourth-order valence-corrected chi connectivity index (χ4v) is 4.08. The largest absolute Gasteiger partial charge is 0.322 e. The van der Waals surface area contributed by atoms with Crippen LogP contribution in [0.25, 0.3) is 0 Å². The van der Waals surface area contributed by atoms with Crippen molar-refractivity contribution in [3.63, 3.8) is 0 Å². The second kappa shape index (κ2) is 8.74. The van der Waals surface area contributed by atoms with Gasteiger partial charge in [0.1, 0.15) is 0 Å². The maximum absolute atomic E-state index is 12.8. The van der Waals surface area contributed by atoms with E-state index in [-0.39, 0.29) is 10.5 Å². The van der Waals surface area contributed by atoms with E-state index in [9.17, 15) is 13.2 Å². The molecule has 0 bridgehead atoms. The lowest BCUT2D eigenvalue weighted by Crippen LogP contribution is -2.27. The van der Waals surface area contributed by atoms with Crippen LogP contribution in [0.3, 0.4) is 0 Å². The molecule has 0 heterocycles. The van der Waals surface area contributed by atoms with Crippen molar-refractivity contribution in [1.29, 1.82) is 0 Å². The zero-order valence-corrected chi connectivity index (χ0v) is 16.6. The second-order valence-corrected chi connectivity index (χ2v) is 8.17. The number of amides is 1. The van der Waals surface area contributed by atoms with E-state index in [1.54, 1.807) is 37.3 Å². The average Bonchev–Trinajstić information content (AvgIpc) is 2.74. The first-order chi connectivity index (χ1) is 13.9. The fourth-order valence-electron chi connectivity index (χ4n) is 2.81. The molecular formula is C23H20N2O3S. The first kappa shape index (κ1) is 20.3. The first-order valence-electron chi connectivity index (χ1n) is 8.94. The van der Waals surface area contributed by atoms with Crippen molar-refractivity contribution < 1.29 is 13.2 Å². The van der Waals surface area contributed by atoms with Gasteiger partial charge in [-0.1, -0.05) is 48.4 Å². The molecule has 3 aromatic rings. The molecule has 0 spiro atoms. The van der Waals surface area contributed by atoms with Crippen LogP contribution in [0.1, 0.15) is 34.5 Å². The molecule has 6 heteroatoms. The molecule has 146 valence electrons. The Morgan fingerprint density at radius 1 is 0.966 bits per heavy atom. The molecule has 0 saturated heterocycles.